The van der Waals surface area contributed by atoms with Crippen LogP contribution in [0, 0.1) is 17.0 Å². The van der Waals surface area contributed by atoms with Crippen LogP contribution in [0.25, 0.3) is 0 Å². The topological polar surface area (TPSA) is 75.4 Å². The number of alkyl halides is 3. The van der Waals surface area contributed by atoms with Gasteiger partial charge in [-0.3, -0.25) is 10.1 Å². The second kappa shape index (κ2) is 7.18. The van der Waals surface area contributed by atoms with Gasteiger partial charge in [-0.15, -0.1) is 0 Å². The fourth-order valence-electron chi connectivity index (χ4n) is 2.93. The zero-order chi connectivity index (χ0) is 19.8. The van der Waals surface area contributed by atoms with Crippen LogP contribution in [0.5, 0.6) is 0 Å². The van der Waals surface area contributed by atoms with Gasteiger partial charge in [0.05, 0.1) is 15.5 Å². The van der Waals surface area contributed by atoms with Crippen molar-refractivity contribution in [2.24, 2.45) is 0 Å². The van der Waals surface area contributed by atoms with E-state index in [-0.39, 0.29) is 10.7 Å². The van der Waals surface area contributed by atoms with Crippen LogP contribution >= 0.6 is 11.6 Å². The molecule has 1 fully saturated rings. The molecule has 2 aromatic heterocycles. The SMILES string of the molecule is Cc1cc([N+](=O)[O-])cnc1N1CCN(c2ncc(C(F)(F)F)cc2Cl)CC1. The standard InChI is InChI=1S/C16H15ClF3N5O2/c1-10-6-12(25(26)27)9-22-14(10)23-2-4-24(5-3-23)15-13(17)7-11(8-21-15)16(18,19)20/h6-9H,2-5H2,1H3. The van der Waals surface area contributed by atoms with Crippen molar-refractivity contribution in [3.63, 3.8) is 0 Å². The van der Waals surface area contributed by atoms with Crippen LogP contribution in [0.15, 0.2) is 24.5 Å². The number of nitro groups is 1. The van der Waals surface area contributed by atoms with Gasteiger partial charge in [-0.05, 0) is 18.6 Å². The highest BCUT2D eigenvalue weighted by molar-refractivity contribution is 6.33. The number of hydrogen-bond donors (Lipinski definition) is 0. The molecular formula is C16H15ClF3N5O2. The Bertz CT molecular complexity index is 870. The Morgan fingerprint density at radius 2 is 1.63 bits per heavy atom. The maximum absolute atomic E-state index is 12.7. The molecule has 0 saturated carbocycles. The first-order valence-electron chi connectivity index (χ1n) is 8.00. The Hall–Kier alpha value is -2.62. The number of aryl methyl sites for hydroxylation is 1. The van der Waals surface area contributed by atoms with E-state index in [0.717, 1.165) is 12.3 Å². The fourth-order valence-corrected chi connectivity index (χ4v) is 3.22. The van der Waals surface area contributed by atoms with Gasteiger partial charge in [0.15, 0.2) is 0 Å². The highest BCUT2D eigenvalue weighted by Gasteiger charge is 2.32. The van der Waals surface area contributed by atoms with E-state index in [1.54, 1.807) is 11.8 Å². The van der Waals surface area contributed by atoms with Crippen LogP contribution in [0.1, 0.15) is 11.1 Å². The number of anilines is 2. The first-order chi connectivity index (χ1) is 12.7. The Labute approximate surface area is 157 Å². The largest absolute Gasteiger partial charge is 0.417 e. The van der Waals surface area contributed by atoms with Gasteiger partial charge in [0.2, 0.25) is 0 Å². The quantitative estimate of drug-likeness (QED) is 0.576. The molecule has 3 heterocycles. The normalized spacial score (nSPS) is 15.1. The molecule has 27 heavy (non-hydrogen) atoms. The van der Waals surface area contributed by atoms with Gasteiger partial charge >= 0.3 is 6.18 Å². The third-order valence-corrected chi connectivity index (χ3v) is 4.55. The number of rotatable bonds is 3. The van der Waals surface area contributed by atoms with Crippen LogP contribution in [-0.4, -0.2) is 41.1 Å². The first-order valence-corrected chi connectivity index (χ1v) is 8.38. The van der Waals surface area contributed by atoms with Crippen molar-refractivity contribution in [3.05, 3.63) is 50.8 Å². The van der Waals surface area contributed by atoms with Crippen LogP contribution in [-0.2, 0) is 6.18 Å². The molecule has 0 radical (unpaired) electrons. The first kappa shape index (κ1) is 19.2. The number of pyridine rings is 2. The second-order valence-corrected chi connectivity index (χ2v) is 6.50. The summed E-state index contributed by atoms with van der Waals surface area (Å²) in [5.74, 6) is 0.949. The lowest BCUT2D eigenvalue weighted by atomic mass is 10.2. The van der Waals surface area contributed by atoms with Gasteiger partial charge in [-0.25, -0.2) is 9.97 Å². The summed E-state index contributed by atoms with van der Waals surface area (Å²) >= 11 is 6.00. The van der Waals surface area contributed by atoms with Gasteiger partial charge in [0.1, 0.15) is 17.8 Å². The summed E-state index contributed by atoms with van der Waals surface area (Å²) < 4.78 is 38.2. The summed E-state index contributed by atoms with van der Waals surface area (Å²) in [7, 11) is 0. The van der Waals surface area contributed by atoms with E-state index in [0.29, 0.717) is 43.4 Å². The maximum Gasteiger partial charge on any atom is 0.417 e. The van der Waals surface area contributed by atoms with Crippen molar-refractivity contribution in [2.45, 2.75) is 13.1 Å². The third-order valence-electron chi connectivity index (χ3n) is 4.27. The highest BCUT2D eigenvalue weighted by atomic mass is 35.5. The Morgan fingerprint density at radius 1 is 1.07 bits per heavy atom. The van der Waals surface area contributed by atoms with Gasteiger partial charge in [0.25, 0.3) is 5.69 Å². The molecule has 0 atom stereocenters. The summed E-state index contributed by atoms with van der Waals surface area (Å²) in [6.07, 6.45) is -2.51. The van der Waals surface area contributed by atoms with E-state index in [4.69, 9.17) is 11.6 Å². The number of hydrogen-bond acceptors (Lipinski definition) is 6. The van der Waals surface area contributed by atoms with E-state index in [2.05, 4.69) is 9.97 Å². The van der Waals surface area contributed by atoms with Crippen molar-refractivity contribution in [1.82, 2.24) is 9.97 Å². The Kier molecular flexibility index (Phi) is 5.09. The number of nitrogens with zero attached hydrogens (tertiary/aromatic N) is 5. The predicted molar refractivity (Wildman–Crippen MR) is 94.3 cm³/mol. The van der Waals surface area contributed by atoms with Crippen molar-refractivity contribution in [2.75, 3.05) is 36.0 Å². The second-order valence-electron chi connectivity index (χ2n) is 6.09. The Morgan fingerprint density at radius 3 is 2.11 bits per heavy atom. The average molecular weight is 402 g/mol. The molecule has 144 valence electrons. The predicted octanol–water partition coefficient (Wildman–Crippen LogP) is 3.69. The molecule has 0 unspecified atom stereocenters. The zero-order valence-electron chi connectivity index (χ0n) is 14.2. The van der Waals surface area contributed by atoms with Crippen LogP contribution in [0.3, 0.4) is 0 Å². The maximum atomic E-state index is 12.7. The van der Waals surface area contributed by atoms with E-state index in [9.17, 15) is 23.3 Å². The minimum Gasteiger partial charge on any atom is -0.353 e. The third kappa shape index (κ3) is 4.05. The van der Waals surface area contributed by atoms with Crippen molar-refractivity contribution >= 4 is 28.9 Å². The van der Waals surface area contributed by atoms with Gasteiger partial charge in [-0.1, -0.05) is 11.6 Å². The van der Waals surface area contributed by atoms with Gasteiger partial charge < -0.3 is 9.80 Å². The molecule has 1 aliphatic heterocycles. The molecule has 1 aliphatic rings. The van der Waals surface area contributed by atoms with Crippen molar-refractivity contribution in [3.8, 4) is 0 Å². The van der Waals surface area contributed by atoms with E-state index >= 15 is 0 Å². The zero-order valence-corrected chi connectivity index (χ0v) is 15.0. The number of halogens is 4. The minimum atomic E-state index is -4.49. The highest BCUT2D eigenvalue weighted by Crippen LogP contribution is 2.34. The molecule has 7 nitrogen and oxygen atoms in total. The van der Waals surface area contributed by atoms with Crippen molar-refractivity contribution in [1.29, 1.82) is 0 Å². The smallest absolute Gasteiger partial charge is 0.353 e. The molecule has 2 aromatic rings. The average Bonchev–Trinajstić information content (AvgIpc) is 2.61. The number of piperazine rings is 1. The lowest BCUT2D eigenvalue weighted by Crippen LogP contribution is -2.47. The van der Waals surface area contributed by atoms with Gasteiger partial charge in [-0.2, -0.15) is 13.2 Å². The molecule has 0 aliphatic carbocycles. The molecule has 0 N–H and O–H groups in total. The van der Waals surface area contributed by atoms with E-state index in [1.807, 2.05) is 4.90 Å². The molecule has 1 saturated heterocycles. The van der Waals surface area contributed by atoms with Crippen LogP contribution in [0.4, 0.5) is 30.5 Å². The van der Waals surface area contributed by atoms with E-state index < -0.39 is 16.7 Å². The summed E-state index contributed by atoms with van der Waals surface area (Å²) in [5, 5.41) is 10.8. The molecular weight excluding hydrogens is 387 g/mol. The molecule has 0 amide bonds. The van der Waals surface area contributed by atoms with Crippen LogP contribution in [0.2, 0.25) is 5.02 Å². The Balaban J connectivity index is 1.72. The number of aromatic nitrogens is 2. The summed E-state index contributed by atoms with van der Waals surface area (Å²) in [6, 6.07) is 2.33. The molecule has 0 aromatic carbocycles. The molecule has 3 rings (SSSR count). The molecule has 0 spiro atoms. The lowest BCUT2D eigenvalue weighted by molar-refractivity contribution is -0.385. The monoisotopic (exact) mass is 401 g/mol. The summed E-state index contributed by atoms with van der Waals surface area (Å²) in [5.41, 5.74) is -0.278. The van der Waals surface area contributed by atoms with Gasteiger partial charge in [0, 0.05) is 38.4 Å². The summed E-state index contributed by atoms with van der Waals surface area (Å²) in [6.45, 7) is 3.78. The summed E-state index contributed by atoms with van der Waals surface area (Å²) in [4.78, 5) is 22.1. The molecule has 11 heteroatoms. The van der Waals surface area contributed by atoms with Crippen LogP contribution < -0.4 is 9.80 Å². The van der Waals surface area contributed by atoms with Crippen molar-refractivity contribution < 1.29 is 18.1 Å². The lowest BCUT2D eigenvalue weighted by Gasteiger charge is -2.36. The molecule has 0 bridgehead atoms. The minimum absolute atomic E-state index is 0.0529. The fraction of sp³-hybridized carbons (Fsp3) is 0.375. The van der Waals surface area contributed by atoms with E-state index in [1.165, 1.54) is 12.3 Å².